The highest BCUT2D eigenvalue weighted by molar-refractivity contribution is 6.31. The second-order valence-electron chi connectivity index (χ2n) is 7.57. The molecule has 9 heteroatoms. The van der Waals surface area contributed by atoms with E-state index in [1.807, 2.05) is 48.5 Å². The standard InChI is InChI=1S/C26H22ClN5O3/c27-23-9-5-4-8-20(23)17-35-22-12-10-19(11-13-22)26(34)30-29-14-21-15-32(16-24(28)33)31-25(21)18-6-2-1-3-7-18/h1-15H,16-17H2,(H2,28,33)(H,30,34)/b29-14+. The lowest BCUT2D eigenvalue weighted by atomic mass is 10.1. The summed E-state index contributed by atoms with van der Waals surface area (Å²) in [6.07, 6.45) is 3.12. The average Bonchev–Trinajstić information content (AvgIpc) is 3.26. The quantitative estimate of drug-likeness (QED) is 0.274. The van der Waals surface area contributed by atoms with E-state index in [9.17, 15) is 9.59 Å². The van der Waals surface area contributed by atoms with Gasteiger partial charge in [-0.25, -0.2) is 5.43 Å². The van der Waals surface area contributed by atoms with Crippen LogP contribution in [0.5, 0.6) is 5.75 Å². The molecule has 3 aromatic carbocycles. The Morgan fingerprint density at radius 2 is 1.74 bits per heavy atom. The summed E-state index contributed by atoms with van der Waals surface area (Å²) in [5.41, 5.74) is 11.2. The first-order valence-corrected chi connectivity index (χ1v) is 11.1. The monoisotopic (exact) mass is 487 g/mol. The first kappa shape index (κ1) is 23.7. The maximum Gasteiger partial charge on any atom is 0.271 e. The number of halogens is 1. The molecule has 0 aliphatic rings. The number of aromatic nitrogens is 2. The van der Waals surface area contributed by atoms with Crippen LogP contribution in [0.15, 0.2) is 90.2 Å². The average molecular weight is 488 g/mol. The number of ether oxygens (including phenoxy) is 1. The van der Waals surface area contributed by atoms with Crippen molar-refractivity contribution in [2.24, 2.45) is 10.8 Å². The molecule has 1 heterocycles. The number of rotatable bonds is 9. The number of carbonyl (C=O) groups is 2. The summed E-state index contributed by atoms with van der Waals surface area (Å²) in [5, 5.41) is 9.12. The maximum atomic E-state index is 12.5. The molecule has 35 heavy (non-hydrogen) atoms. The zero-order valence-corrected chi connectivity index (χ0v) is 19.4. The van der Waals surface area contributed by atoms with Crippen LogP contribution in [-0.4, -0.2) is 27.8 Å². The minimum atomic E-state index is -0.511. The van der Waals surface area contributed by atoms with Crippen LogP contribution in [0.1, 0.15) is 21.5 Å². The Kier molecular flexibility index (Phi) is 7.54. The number of nitrogens with zero attached hydrogens (tertiary/aromatic N) is 3. The van der Waals surface area contributed by atoms with E-state index >= 15 is 0 Å². The Hall–Kier alpha value is -4.43. The van der Waals surface area contributed by atoms with Crippen molar-refractivity contribution < 1.29 is 14.3 Å². The third-order valence-electron chi connectivity index (χ3n) is 4.99. The molecule has 0 saturated heterocycles. The van der Waals surface area contributed by atoms with Crippen LogP contribution in [0.3, 0.4) is 0 Å². The molecule has 0 aliphatic heterocycles. The van der Waals surface area contributed by atoms with Gasteiger partial charge in [0.1, 0.15) is 24.6 Å². The molecule has 0 fully saturated rings. The fraction of sp³-hybridized carbons (Fsp3) is 0.0769. The first-order valence-electron chi connectivity index (χ1n) is 10.7. The predicted octanol–water partition coefficient (Wildman–Crippen LogP) is 4.03. The number of benzene rings is 3. The van der Waals surface area contributed by atoms with Crippen LogP contribution in [-0.2, 0) is 17.9 Å². The number of amides is 2. The highest BCUT2D eigenvalue weighted by Crippen LogP contribution is 2.21. The molecule has 0 aliphatic carbocycles. The molecular formula is C26H22ClN5O3. The summed E-state index contributed by atoms with van der Waals surface area (Å²) < 4.78 is 7.18. The van der Waals surface area contributed by atoms with E-state index in [4.69, 9.17) is 22.1 Å². The fourth-order valence-electron chi connectivity index (χ4n) is 3.30. The summed E-state index contributed by atoms with van der Waals surface area (Å²) in [6, 6.07) is 23.6. The molecule has 3 N–H and O–H groups in total. The van der Waals surface area contributed by atoms with Gasteiger partial charge in [0, 0.05) is 33.5 Å². The second kappa shape index (κ2) is 11.1. The minimum Gasteiger partial charge on any atom is -0.489 e. The number of hydrogen-bond donors (Lipinski definition) is 2. The SMILES string of the molecule is NC(=O)Cn1cc(/C=N/NC(=O)c2ccc(OCc3ccccc3Cl)cc2)c(-c2ccccc2)n1. The Labute approximate surface area is 207 Å². The van der Waals surface area contributed by atoms with Crippen molar-refractivity contribution in [1.29, 1.82) is 0 Å². The number of carbonyl (C=O) groups excluding carboxylic acids is 2. The van der Waals surface area contributed by atoms with E-state index in [0.29, 0.717) is 34.2 Å². The van der Waals surface area contributed by atoms with Crippen molar-refractivity contribution in [3.63, 3.8) is 0 Å². The van der Waals surface area contributed by atoms with Crippen molar-refractivity contribution >= 4 is 29.6 Å². The van der Waals surface area contributed by atoms with Crippen molar-refractivity contribution in [1.82, 2.24) is 15.2 Å². The van der Waals surface area contributed by atoms with Gasteiger partial charge in [-0.1, -0.05) is 60.1 Å². The number of hydrogen-bond acceptors (Lipinski definition) is 5. The Balaban J connectivity index is 1.40. The zero-order chi connectivity index (χ0) is 24.6. The van der Waals surface area contributed by atoms with Gasteiger partial charge < -0.3 is 10.5 Å². The molecule has 0 bridgehead atoms. The summed E-state index contributed by atoms with van der Waals surface area (Å²) >= 11 is 6.15. The second-order valence-corrected chi connectivity index (χ2v) is 7.97. The predicted molar refractivity (Wildman–Crippen MR) is 134 cm³/mol. The molecule has 4 rings (SSSR count). The first-order chi connectivity index (χ1) is 17.0. The van der Waals surface area contributed by atoms with E-state index in [-0.39, 0.29) is 12.5 Å². The smallest absolute Gasteiger partial charge is 0.271 e. The summed E-state index contributed by atoms with van der Waals surface area (Å²) in [4.78, 5) is 23.8. The Morgan fingerprint density at radius 3 is 2.46 bits per heavy atom. The lowest BCUT2D eigenvalue weighted by molar-refractivity contribution is -0.118. The topological polar surface area (TPSA) is 112 Å². The van der Waals surface area contributed by atoms with Crippen molar-refractivity contribution in [3.05, 3.63) is 107 Å². The van der Waals surface area contributed by atoms with Crippen molar-refractivity contribution in [2.75, 3.05) is 0 Å². The number of primary amides is 1. The molecule has 0 spiro atoms. The van der Waals surface area contributed by atoms with E-state index in [1.54, 1.807) is 36.5 Å². The van der Waals surface area contributed by atoms with E-state index in [1.165, 1.54) is 10.9 Å². The van der Waals surface area contributed by atoms with Crippen LogP contribution in [0.2, 0.25) is 5.02 Å². The molecule has 0 saturated carbocycles. The van der Waals surface area contributed by atoms with Crippen LogP contribution in [0.25, 0.3) is 11.3 Å². The van der Waals surface area contributed by atoms with Crippen molar-refractivity contribution in [3.8, 4) is 17.0 Å². The third kappa shape index (κ3) is 6.33. The molecular weight excluding hydrogens is 466 g/mol. The van der Waals surface area contributed by atoms with Crippen LogP contribution in [0.4, 0.5) is 0 Å². The van der Waals surface area contributed by atoms with Gasteiger partial charge in [-0.05, 0) is 30.3 Å². The Morgan fingerprint density at radius 1 is 1.03 bits per heavy atom. The molecule has 8 nitrogen and oxygen atoms in total. The van der Waals surface area contributed by atoms with Gasteiger partial charge in [0.2, 0.25) is 5.91 Å². The van der Waals surface area contributed by atoms with Gasteiger partial charge in [-0.3, -0.25) is 14.3 Å². The van der Waals surface area contributed by atoms with E-state index in [2.05, 4.69) is 15.6 Å². The lowest BCUT2D eigenvalue weighted by Gasteiger charge is -2.08. The minimum absolute atomic E-state index is 0.0646. The van der Waals surface area contributed by atoms with Crippen LogP contribution in [0, 0.1) is 0 Å². The van der Waals surface area contributed by atoms with Gasteiger partial charge in [0.15, 0.2) is 0 Å². The Bertz CT molecular complexity index is 1350. The molecule has 176 valence electrons. The molecule has 0 atom stereocenters. The fourth-order valence-corrected chi connectivity index (χ4v) is 3.49. The van der Waals surface area contributed by atoms with Gasteiger partial charge in [0.05, 0.1) is 6.21 Å². The van der Waals surface area contributed by atoms with Crippen LogP contribution >= 0.6 is 11.6 Å². The van der Waals surface area contributed by atoms with Gasteiger partial charge in [-0.15, -0.1) is 0 Å². The largest absolute Gasteiger partial charge is 0.489 e. The van der Waals surface area contributed by atoms with Crippen molar-refractivity contribution in [2.45, 2.75) is 13.2 Å². The summed E-state index contributed by atoms with van der Waals surface area (Å²) in [5.74, 6) is -0.285. The number of nitrogens with two attached hydrogens (primary N) is 1. The molecule has 4 aromatic rings. The third-order valence-corrected chi connectivity index (χ3v) is 5.36. The molecule has 2 amide bonds. The highest BCUT2D eigenvalue weighted by atomic mass is 35.5. The normalized spacial score (nSPS) is 10.9. The molecule has 0 radical (unpaired) electrons. The van der Waals surface area contributed by atoms with Crippen LogP contribution < -0.4 is 15.9 Å². The van der Waals surface area contributed by atoms with Gasteiger partial charge in [-0.2, -0.15) is 10.2 Å². The van der Waals surface area contributed by atoms with E-state index in [0.717, 1.165) is 11.1 Å². The van der Waals surface area contributed by atoms with Gasteiger partial charge in [0.25, 0.3) is 5.91 Å². The lowest BCUT2D eigenvalue weighted by Crippen LogP contribution is -2.18. The summed E-state index contributed by atoms with van der Waals surface area (Å²) in [6.45, 7) is 0.258. The summed E-state index contributed by atoms with van der Waals surface area (Å²) in [7, 11) is 0. The number of hydrazone groups is 1. The number of nitrogens with one attached hydrogen (secondary N) is 1. The van der Waals surface area contributed by atoms with E-state index < -0.39 is 5.91 Å². The zero-order valence-electron chi connectivity index (χ0n) is 18.6. The molecule has 0 unspecified atom stereocenters. The highest BCUT2D eigenvalue weighted by Gasteiger charge is 2.11. The van der Waals surface area contributed by atoms with Gasteiger partial charge >= 0.3 is 0 Å². The maximum absolute atomic E-state index is 12.5. The molecule has 1 aromatic heterocycles.